The minimum absolute atomic E-state index is 0.0586. The van der Waals surface area contributed by atoms with Crippen LogP contribution >= 0.6 is 0 Å². The van der Waals surface area contributed by atoms with Crippen molar-refractivity contribution in [1.29, 1.82) is 0 Å². The second-order valence-electron chi connectivity index (χ2n) is 5.09. The molecule has 0 saturated heterocycles. The molecule has 1 aromatic rings. The molecule has 3 rings (SSSR count). The van der Waals surface area contributed by atoms with Crippen LogP contribution in [0.3, 0.4) is 0 Å². The molecule has 94 valence electrons. The van der Waals surface area contributed by atoms with Crippen LogP contribution in [-0.2, 0) is 0 Å². The standard InChI is InChI=1S/C15H18N2O/c1-17-13-10-6-5-9-12(13)15(18)16-14(17)11-7-3-2-4-8-11/h2-3,5-6,9-11,14H,4,7-8H2,1H3,(H,16,18)/t11-,14-/m1/s1. The first kappa shape index (κ1) is 11.3. The summed E-state index contributed by atoms with van der Waals surface area (Å²) >= 11 is 0. The minimum Gasteiger partial charge on any atom is -0.353 e. The molecule has 1 aliphatic carbocycles. The van der Waals surface area contributed by atoms with Crippen LogP contribution in [0.15, 0.2) is 36.4 Å². The fourth-order valence-corrected chi connectivity index (χ4v) is 2.97. The molecular formula is C15H18N2O. The van der Waals surface area contributed by atoms with E-state index >= 15 is 0 Å². The quantitative estimate of drug-likeness (QED) is 0.768. The summed E-state index contributed by atoms with van der Waals surface area (Å²) in [6.07, 6.45) is 7.90. The molecule has 3 nitrogen and oxygen atoms in total. The van der Waals surface area contributed by atoms with Crippen LogP contribution in [0.5, 0.6) is 0 Å². The summed E-state index contributed by atoms with van der Waals surface area (Å²) in [7, 11) is 2.07. The Bertz CT molecular complexity index is 495. The predicted octanol–water partition coefficient (Wildman–Crippen LogP) is 2.55. The van der Waals surface area contributed by atoms with E-state index in [9.17, 15) is 4.79 Å². The number of anilines is 1. The average Bonchev–Trinajstić information content (AvgIpc) is 2.44. The summed E-state index contributed by atoms with van der Waals surface area (Å²) in [6.45, 7) is 0. The van der Waals surface area contributed by atoms with Gasteiger partial charge in [0.25, 0.3) is 5.91 Å². The van der Waals surface area contributed by atoms with Gasteiger partial charge in [-0.2, -0.15) is 0 Å². The van der Waals surface area contributed by atoms with Crippen LogP contribution < -0.4 is 10.2 Å². The number of nitrogens with zero attached hydrogens (tertiary/aromatic N) is 1. The zero-order valence-corrected chi connectivity index (χ0v) is 10.6. The largest absolute Gasteiger partial charge is 0.353 e. The highest BCUT2D eigenvalue weighted by Crippen LogP contribution is 2.31. The molecule has 18 heavy (non-hydrogen) atoms. The van der Waals surface area contributed by atoms with Gasteiger partial charge in [-0.3, -0.25) is 4.79 Å². The molecule has 1 aromatic carbocycles. The molecule has 1 heterocycles. The van der Waals surface area contributed by atoms with E-state index < -0.39 is 0 Å². The first-order chi connectivity index (χ1) is 8.77. The van der Waals surface area contributed by atoms with Crippen LogP contribution in [0, 0.1) is 5.92 Å². The van der Waals surface area contributed by atoms with Crippen molar-refractivity contribution in [2.45, 2.75) is 25.4 Å². The van der Waals surface area contributed by atoms with E-state index in [1.54, 1.807) is 0 Å². The number of carbonyl (C=O) groups is 1. The fraction of sp³-hybridized carbons (Fsp3) is 0.400. The van der Waals surface area contributed by atoms with Gasteiger partial charge in [0.05, 0.1) is 11.3 Å². The number of rotatable bonds is 1. The van der Waals surface area contributed by atoms with Gasteiger partial charge in [-0.05, 0) is 31.4 Å². The second-order valence-corrected chi connectivity index (χ2v) is 5.09. The van der Waals surface area contributed by atoms with Crippen molar-refractivity contribution in [1.82, 2.24) is 5.32 Å². The highest BCUT2D eigenvalue weighted by molar-refractivity contribution is 6.01. The fourth-order valence-electron chi connectivity index (χ4n) is 2.97. The third kappa shape index (κ3) is 1.80. The molecule has 0 aromatic heterocycles. The highest BCUT2D eigenvalue weighted by atomic mass is 16.2. The number of carbonyl (C=O) groups excluding carboxylic acids is 1. The van der Waals surface area contributed by atoms with Gasteiger partial charge < -0.3 is 10.2 Å². The van der Waals surface area contributed by atoms with Crippen LogP contribution in [-0.4, -0.2) is 19.1 Å². The summed E-state index contributed by atoms with van der Waals surface area (Å²) in [5.41, 5.74) is 1.82. The van der Waals surface area contributed by atoms with E-state index in [0.717, 1.165) is 30.5 Å². The molecule has 0 radical (unpaired) electrons. The van der Waals surface area contributed by atoms with Crippen molar-refractivity contribution in [3.63, 3.8) is 0 Å². The van der Waals surface area contributed by atoms with Crippen LogP contribution in [0.2, 0.25) is 0 Å². The van der Waals surface area contributed by atoms with Gasteiger partial charge in [0, 0.05) is 13.0 Å². The Morgan fingerprint density at radius 1 is 1.28 bits per heavy atom. The Hall–Kier alpha value is -1.77. The second kappa shape index (κ2) is 4.48. The molecular weight excluding hydrogens is 224 g/mol. The van der Waals surface area contributed by atoms with Crippen LogP contribution in [0.1, 0.15) is 29.6 Å². The maximum Gasteiger partial charge on any atom is 0.254 e. The average molecular weight is 242 g/mol. The number of benzene rings is 1. The first-order valence-electron chi connectivity index (χ1n) is 6.55. The molecule has 0 spiro atoms. The SMILES string of the molecule is CN1c2ccccc2C(=O)N[C@H]1[C@@H]1CC=CCC1. The summed E-state index contributed by atoms with van der Waals surface area (Å²) in [5, 5.41) is 3.15. The predicted molar refractivity (Wildman–Crippen MR) is 72.6 cm³/mol. The monoisotopic (exact) mass is 242 g/mol. The number of hydrogen-bond acceptors (Lipinski definition) is 2. The Morgan fingerprint density at radius 2 is 2.11 bits per heavy atom. The minimum atomic E-state index is 0.0586. The number of hydrogen-bond donors (Lipinski definition) is 1. The van der Waals surface area contributed by atoms with E-state index in [1.807, 2.05) is 24.3 Å². The lowest BCUT2D eigenvalue weighted by molar-refractivity contribution is 0.0908. The molecule has 3 heteroatoms. The number of para-hydroxylation sites is 1. The normalized spacial score (nSPS) is 26.7. The summed E-state index contributed by atoms with van der Waals surface area (Å²) in [6, 6.07) is 7.82. The maximum absolute atomic E-state index is 12.1. The zero-order chi connectivity index (χ0) is 12.5. The molecule has 0 bridgehead atoms. The lowest BCUT2D eigenvalue weighted by Crippen LogP contribution is -2.55. The Labute approximate surface area is 107 Å². The molecule has 1 amide bonds. The molecule has 0 unspecified atom stereocenters. The van der Waals surface area contributed by atoms with Crippen molar-refractivity contribution in [3.05, 3.63) is 42.0 Å². The lowest BCUT2D eigenvalue weighted by atomic mass is 9.89. The van der Waals surface area contributed by atoms with Gasteiger partial charge in [0.1, 0.15) is 6.17 Å². The molecule has 1 aliphatic heterocycles. The number of allylic oxidation sites excluding steroid dienone is 2. The number of fused-ring (bicyclic) bond motifs is 1. The Kier molecular flexibility index (Phi) is 2.82. The van der Waals surface area contributed by atoms with Crippen molar-refractivity contribution in [3.8, 4) is 0 Å². The molecule has 2 aliphatic rings. The van der Waals surface area contributed by atoms with Crippen LogP contribution in [0.25, 0.3) is 0 Å². The molecule has 1 N–H and O–H groups in total. The number of amides is 1. The van der Waals surface area contributed by atoms with Gasteiger partial charge in [-0.15, -0.1) is 0 Å². The van der Waals surface area contributed by atoms with Crippen molar-refractivity contribution in [2.75, 3.05) is 11.9 Å². The molecule has 0 saturated carbocycles. The summed E-state index contributed by atoms with van der Waals surface area (Å²) < 4.78 is 0. The maximum atomic E-state index is 12.1. The Morgan fingerprint density at radius 3 is 2.89 bits per heavy atom. The van der Waals surface area contributed by atoms with E-state index in [0.29, 0.717) is 5.92 Å². The van der Waals surface area contributed by atoms with Crippen molar-refractivity contribution >= 4 is 11.6 Å². The van der Waals surface area contributed by atoms with E-state index in [2.05, 4.69) is 29.4 Å². The van der Waals surface area contributed by atoms with Gasteiger partial charge in [0.2, 0.25) is 0 Å². The summed E-state index contributed by atoms with van der Waals surface area (Å²) in [4.78, 5) is 14.3. The molecule has 2 atom stereocenters. The van der Waals surface area contributed by atoms with E-state index in [1.165, 1.54) is 0 Å². The van der Waals surface area contributed by atoms with Gasteiger partial charge in [-0.25, -0.2) is 0 Å². The van der Waals surface area contributed by atoms with Crippen molar-refractivity contribution < 1.29 is 4.79 Å². The van der Waals surface area contributed by atoms with Crippen molar-refractivity contribution in [2.24, 2.45) is 5.92 Å². The smallest absolute Gasteiger partial charge is 0.254 e. The topological polar surface area (TPSA) is 32.3 Å². The zero-order valence-electron chi connectivity index (χ0n) is 10.6. The van der Waals surface area contributed by atoms with Gasteiger partial charge in [-0.1, -0.05) is 24.3 Å². The molecule has 0 fully saturated rings. The lowest BCUT2D eigenvalue weighted by Gasteiger charge is -2.41. The highest BCUT2D eigenvalue weighted by Gasteiger charge is 2.33. The Balaban J connectivity index is 1.92. The third-order valence-corrected chi connectivity index (χ3v) is 3.98. The third-order valence-electron chi connectivity index (χ3n) is 3.98. The summed E-state index contributed by atoms with van der Waals surface area (Å²) in [5.74, 6) is 0.570. The number of nitrogens with one attached hydrogen (secondary N) is 1. The van der Waals surface area contributed by atoms with E-state index in [-0.39, 0.29) is 12.1 Å². The first-order valence-corrected chi connectivity index (χ1v) is 6.55. The van der Waals surface area contributed by atoms with E-state index in [4.69, 9.17) is 0 Å². The van der Waals surface area contributed by atoms with Gasteiger partial charge in [0.15, 0.2) is 0 Å². The van der Waals surface area contributed by atoms with Gasteiger partial charge >= 0.3 is 0 Å². The van der Waals surface area contributed by atoms with Crippen LogP contribution in [0.4, 0.5) is 5.69 Å².